The molecule has 0 heterocycles. The van der Waals surface area contributed by atoms with Crippen molar-refractivity contribution in [2.24, 2.45) is 0 Å². The molecule has 0 aliphatic heterocycles. The summed E-state index contributed by atoms with van der Waals surface area (Å²) in [6.45, 7) is 0. The standard InChI is InChI=1S/C13H16OS/c14-12-7-4-8-13(9-12)15-10-11-5-2-1-3-6-11/h1-3,5-6,13H,4,7-10H2. The summed E-state index contributed by atoms with van der Waals surface area (Å²) in [6.07, 6.45) is 3.90. The molecular formula is C13H16OS. The predicted molar refractivity (Wildman–Crippen MR) is 65.0 cm³/mol. The van der Waals surface area contributed by atoms with Crippen LogP contribution in [0.25, 0.3) is 0 Å². The van der Waals surface area contributed by atoms with Gasteiger partial charge in [0.15, 0.2) is 0 Å². The van der Waals surface area contributed by atoms with Gasteiger partial charge in [0.2, 0.25) is 0 Å². The van der Waals surface area contributed by atoms with Gasteiger partial charge >= 0.3 is 0 Å². The van der Waals surface area contributed by atoms with Crippen LogP contribution in [-0.4, -0.2) is 11.0 Å². The van der Waals surface area contributed by atoms with E-state index in [1.54, 1.807) is 0 Å². The Morgan fingerprint density at radius 3 is 2.80 bits per heavy atom. The van der Waals surface area contributed by atoms with Crippen molar-refractivity contribution in [3.63, 3.8) is 0 Å². The number of Topliss-reactive ketones (excluding diaryl/α,β-unsaturated/α-hetero) is 1. The van der Waals surface area contributed by atoms with Crippen LogP contribution in [0.4, 0.5) is 0 Å². The second-order valence-electron chi connectivity index (χ2n) is 4.05. The molecule has 1 nitrogen and oxygen atoms in total. The van der Waals surface area contributed by atoms with Gasteiger partial charge in [-0.3, -0.25) is 4.79 Å². The number of benzene rings is 1. The summed E-state index contributed by atoms with van der Waals surface area (Å²) in [5.41, 5.74) is 1.36. The lowest BCUT2D eigenvalue weighted by Gasteiger charge is -2.20. The molecule has 1 saturated carbocycles. The molecule has 0 amide bonds. The van der Waals surface area contributed by atoms with Gasteiger partial charge in [0, 0.05) is 23.8 Å². The first-order chi connectivity index (χ1) is 7.34. The molecule has 1 aliphatic carbocycles. The molecule has 0 aromatic heterocycles. The van der Waals surface area contributed by atoms with Crippen LogP contribution in [0.1, 0.15) is 31.2 Å². The Bertz CT molecular complexity index is 321. The summed E-state index contributed by atoms with van der Waals surface area (Å²) in [4.78, 5) is 11.3. The van der Waals surface area contributed by atoms with Crippen LogP contribution in [-0.2, 0) is 10.5 Å². The number of hydrogen-bond donors (Lipinski definition) is 0. The third-order valence-electron chi connectivity index (χ3n) is 2.77. The molecule has 0 radical (unpaired) electrons. The molecule has 1 atom stereocenters. The van der Waals surface area contributed by atoms with Crippen molar-refractivity contribution in [3.05, 3.63) is 35.9 Å². The Morgan fingerprint density at radius 2 is 2.07 bits per heavy atom. The van der Waals surface area contributed by atoms with Gasteiger partial charge in [0.05, 0.1) is 0 Å². The fraction of sp³-hybridized carbons (Fsp3) is 0.462. The number of hydrogen-bond acceptors (Lipinski definition) is 2. The van der Waals surface area contributed by atoms with E-state index in [0.717, 1.165) is 25.0 Å². The molecular weight excluding hydrogens is 204 g/mol. The number of rotatable bonds is 3. The molecule has 0 spiro atoms. The van der Waals surface area contributed by atoms with E-state index in [4.69, 9.17) is 0 Å². The third-order valence-corrected chi connectivity index (χ3v) is 4.14. The quantitative estimate of drug-likeness (QED) is 0.776. The fourth-order valence-corrected chi connectivity index (χ4v) is 3.17. The van der Waals surface area contributed by atoms with Crippen LogP contribution < -0.4 is 0 Å². The van der Waals surface area contributed by atoms with Crippen LogP contribution in [0.2, 0.25) is 0 Å². The Kier molecular flexibility index (Phi) is 3.84. The lowest BCUT2D eigenvalue weighted by Crippen LogP contribution is -2.16. The van der Waals surface area contributed by atoms with Crippen molar-refractivity contribution < 1.29 is 4.79 Å². The first-order valence-corrected chi connectivity index (χ1v) is 6.57. The highest BCUT2D eigenvalue weighted by Crippen LogP contribution is 2.28. The van der Waals surface area contributed by atoms with Gasteiger partial charge in [-0.2, -0.15) is 11.8 Å². The minimum atomic E-state index is 0.451. The molecule has 1 aromatic rings. The predicted octanol–water partition coefficient (Wildman–Crippen LogP) is 3.43. The van der Waals surface area contributed by atoms with E-state index in [1.165, 1.54) is 12.0 Å². The maximum Gasteiger partial charge on any atom is 0.134 e. The van der Waals surface area contributed by atoms with E-state index in [1.807, 2.05) is 17.8 Å². The van der Waals surface area contributed by atoms with Crippen LogP contribution in [0.15, 0.2) is 30.3 Å². The highest BCUT2D eigenvalue weighted by molar-refractivity contribution is 7.99. The average Bonchev–Trinajstić information content (AvgIpc) is 2.28. The van der Waals surface area contributed by atoms with E-state index in [0.29, 0.717) is 11.0 Å². The maximum absolute atomic E-state index is 11.3. The minimum Gasteiger partial charge on any atom is -0.300 e. The summed E-state index contributed by atoms with van der Waals surface area (Å²) >= 11 is 1.93. The second-order valence-corrected chi connectivity index (χ2v) is 5.34. The van der Waals surface area contributed by atoms with E-state index < -0.39 is 0 Å². The zero-order valence-electron chi connectivity index (χ0n) is 8.82. The topological polar surface area (TPSA) is 17.1 Å². The van der Waals surface area contributed by atoms with Gasteiger partial charge in [0.1, 0.15) is 5.78 Å². The number of carbonyl (C=O) groups is 1. The molecule has 1 aromatic carbocycles. The molecule has 0 saturated heterocycles. The number of thioether (sulfide) groups is 1. The van der Waals surface area contributed by atoms with Crippen LogP contribution >= 0.6 is 11.8 Å². The van der Waals surface area contributed by atoms with E-state index >= 15 is 0 Å². The Balaban J connectivity index is 1.80. The Hall–Kier alpha value is -0.760. The van der Waals surface area contributed by atoms with Crippen LogP contribution in [0.5, 0.6) is 0 Å². The Morgan fingerprint density at radius 1 is 1.27 bits per heavy atom. The highest BCUT2D eigenvalue weighted by Gasteiger charge is 2.19. The van der Waals surface area contributed by atoms with Crippen molar-refractivity contribution in [2.75, 3.05) is 0 Å². The number of ketones is 1. The second kappa shape index (κ2) is 5.36. The van der Waals surface area contributed by atoms with Gasteiger partial charge in [-0.05, 0) is 18.4 Å². The van der Waals surface area contributed by atoms with Gasteiger partial charge in [-0.25, -0.2) is 0 Å². The van der Waals surface area contributed by atoms with E-state index in [2.05, 4.69) is 24.3 Å². The van der Waals surface area contributed by atoms with Gasteiger partial charge < -0.3 is 0 Å². The molecule has 1 fully saturated rings. The lowest BCUT2D eigenvalue weighted by atomic mass is 9.99. The number of carbonyl (C=O) groups excluding carboxylic acids is 1. The molecule has 0 N–H and O–H groups in total. The zero-order valence-corrected chi connectivity index (χ0v) is 9.63. The maximum atomic E-state index is 11.3. The fourth-order valence-electron chi connectivity index (χ4n) is 1.92. The SMILES string of the molecule is O=C1CCCC(SCc2ccccc2)C1. The molecule has 1 aliphatic rings. The summed E-state index contributed by atoms with van der Waals surface area (Å²) in [5.74, 6) is 1.49. The van der Waals surface area contributed by atoms with Crippen molar-refractivity contribution in [2.45, 2.75) is 36.7 Å². The third kappa shape index (κ3) is 3.38. The highest BCUT2D eigenvalue weighted by atomic mass is 32.2. The first-order valence-electron chi connectivity index (χ1n) is 5.52. The van der Waals surface area contributed by atoms with Crippen molar-refractivity contribution >= 4 is 17.5 Å². The van der Waals surface area contributed by atoms with Gasteiger partial charge in [-0.15, -0.1) is 0 Å². The van der Waals surface area contributed by atoms with Gasteiger partial charge in [-0.1, -0.05) is 30.3 Å². The molecule has 2 rings (SSSR count). The van der Waals surface area contributed by atoms with Gasteiger partial charge in [0.25, 0.3) is 0 Å². The molecule has 0 bridgehead atoms. The summed E-state index contributed by atoms with van der Waals surface area (Å²) in [7, 11) is 0. The smallest absolute Gasteiger partial charge is 0.134 e. The van der Waals surface area contributed by atoms with E-state index in [9.17, 15) is 4.79 Å². The van der Waals surface area contributed by atoms with Crippen molar-refractivity contribution in [3.8, 4) is 0 Å². The molecule has 2 heteroatoms. The largest absolute Gasteiger partial charge is 0.300 e. The van der Waals surface area contributed by atoms with Crippen molar-refractivity contribution in [1.29, 1.82) is 0 Å². The Labute approximate surface area is 95.3 Å². The normalized spacial score (nSPS) is 21.6. The van der Waals surface area contributed by atoms with Crippen molar-refractivity contribution in [1.82, 2.24) is 0 Å². The van der Waals surface area contributed by atoms with E-state index in [-0.39, 0.29) is 0 Å². The monoisotopic (exact) mass is 220 g/mol. The summed E-state index contributed by atoms with van der Waals surface area (Å²) in [5, 5.41) is 0.562. The van der Waals surface area contributed by atoms with Crippen LogP contribution in [0, 0.1) is 0 Å². The average molecular weight is 220 g/mol. The molecule has 15 heavy (non-hydrogen) atoms. The minimum absolute atomic E-state index is 0.451. The molecule has 80 valence electrons. The summed E-state index contributed by atoms with van der Waals surface area (Å²) in [6, 6.07) is 10.5. The lowest BCUT2D eigenvalue weighted by molar-refractivity contribution is -0.120. The summed E-state index contributed by atoms with van der Waals surface area (Å²) < 4.78 is 0. The molecule has 1 unspecified atom stereocenters. The zero-order chi connectivity index (χ0) is 10.5. The first kappa shape index (κ1) is 10.7. The van der Waals surface area contributed by atoms with Crippen LogP contribution in [0.3, 0.4) is 0 Å².